The highest BCUT2D eigenvalue weighted by molar-refractivity contribution is 5.98. The number of carboxylic acid groups (broad SMARTS) is 1. The minimum atomic E-state index is -1.24. The number of phenolic OH excluding ortho intramolecular Hbond substituents is 1. The molecule has 0 saturated heterocycles. The molecule has 0 saturated carbocycles. The first-order chi connectivity index (χ1) is 10.6. The first-order valence-corrected chi connectivity index (χ1v) is 6.94. The van der Waals surface area contributed by atoms with E-state index < -0.39 is 12.0 Å². The minimum Gasteiger partial charge on any atom is -0.550 e. The van der Waals surface area contributed by atoms with Gasteiger partial charge in [0.2, 0.25) is 0 Å². The molecule has 0 spiro atoms. The summed E-state index contributed by atoms with van der Waals surface area (Å²) in [5.41, 5.74) is 2.03. The van der Waals surface area contributed by atoms with Crippen LogP contribution in [0.1, 0.15) is 33.9 Å². The van der Waals surface area contributed by atoms with Gasteiger partial charge in [-0.1, -0.05) is 30.3 Å². The van der Waals surface area contributed by atoms with E-state index in [-0.39, 0.29) is 18.1 Å². The molecule has 5 nitrogen and oxygen atoms in total. The number of hydrogen-bond acceptors (Lipinski definition) is 4. The smallest absolute Gasteiger partial charge is 0.255 e. The van der Waals surface area contributed by atoms with Crippen molar-refractivity contribution in [2.24, 2.45) is 0 Å². The summed E-state index contributed by atoms with van der Waals surface area (Å²) in [5.74, 6) is -1.41. The average molecular weight is 296 g/mol. The van der Waals surface area contributed by atoms with Crippen LogP contribution in [0.3, 0.4) is 0 Å². The predicted octanol–water partition coefficient (Wildman–Crippen LogP) is 1.23. The topological polar surface area (TPSA) is 80.7 Å². The van der Waals surface area contributed by atoms with Crippen molar-refractivity contribution >= 4 is 11.9 Å². The summed E-state index contributed by atoms with van der Waals surface area (Å²) in [6.07, 6.45) is -0.316. The van der Waals surface area contributed by atoms with Crippen molar-refractivity contribution in [3.05, 3.63) is 65.2 Å². The molecule has 3 rings (SSSR count). The molecule has 1 amide bonds. The van der Waals surface area contributed by atoms with Crippen LogP contribution in [-0.4, -0.2) is 21.9 Å². The Kier molecular flexibility index (Phi) is 3.55. The third-order valence-corrected chi connectivity index (χ3v) is 3.84. The van der Waals surface area contributed by atoms with Crippen molar-refractivity contribution in [3.8, 4) is 5.75 Å². The van der Waals surface area contributed by atoms with E-state index in [1.807, 2.05) is 12.1 Å². The largest absolute Gasteiger partial charge is 0.550 e. The van der Waals surface area contributed by atoms with Crippen molar-refractivity contribution in [2.45, 2.75) is 19.0 Å². The first-order valence-electron chi connectivity index (χ1n) is 6.94. The molecule has 0 aliphatic carbocycles. The fourth-order valence-corrected chi connectivity index (χ4v) is 2.83. The number of fused-ring (bicyclic) bond motifs is 1. The lowest BCUT2D eigenvalue weighted by molar-refractivity contribution is -0.306. The summed E-state index contributed by atoms with van der Waals surface area (Å²) < 4.78 is 0. The highest BCUT2D eigenvalue weighted by Crippen LogP contribution is 2.34. The lowest BCUT2D eigenvalue weighted by atomic mass is 10.0. The zero-order valence-corrected chi connectivity index (χ0v) is 11.7. The number of carbonyl (C=O) groups excluding carboxylic acids is 2. The van der Waals surface area contributed by atoms with E-state index in [4.69, 9.17) is 0 Å². The second-order valence-corrected chi connectivity index (χ2v) is 5.28. The molecule has 0 bridgehead atoms. The van der Waals surface area contributed by atoms with Crippen molar-refractivity contribution in [1.29, 1.82) is 0 Å². The molecule has 2 aromatic rings. The summed E-state index contributed by atoms with van der Waals surface area (Å²) in [4.78, 5) is 25.1. The average Bonchev–Trinajstić information content (AvgIpc) is 2.82. The molecule has 0 radical (unpaired) electrons. The standard InChI is InChI=1S/C17H15NO4/c19-13-6-3-5-11(8-13)15(9-16(20)21)18-10-12-4-1-2-7-14(12)17(18)22/h1-8,15,19H,9-10H2,(H,20,21)/p-1/t15-/m0/s1. The van der Waals surface area contributed by atoms with Gasteiger partial charge in [-0.2, -0.15) is 0 Å². The van der Waals surface area contributed by atoms with Crippen LogP contribution in [0.4, 0.5) is 0 Å². The second kappa shape index (κ2) is 5.52. The van der Waals surface area contributed by atoms with Crippen LogP contribution in [0.5, 0.6) is 5.75 Å². The quantitative estimate of drug-likeness (QED) is 0.920. The van der Waals surface area contributed by atoms with Crippen molar-refractivity contribution < 1.29 is 19.8 Å². The number of amides is 1. The van der Waals surface area contributed by atoms with Gasteiger partial charge in [-0.05, 0) is 29.3 Å². The molecule has 1 aliphatic rings. The minimum absolute atomic E-state index is 0.0324. The molecular formula is C17H14NO4-. The van der Waals surface area contributed by atoms with Gasteiger partial charge in [-0.25, -0.2) is 0 Å². The van der Waals surface area contributed by atoms with Gasteiger partial charge in [0.25, 0.3) is 5.91 Å². The number of aromatic hydroxyl groups is 1. The summed E-state index contributed by atoms with van der Waals surface area (Å²) in [6.45, 7) is 0.350. The van der Waals surface area contributed by atoms with Gasteiger partial charge in [0.15, 0.2) is 0 Å². The van der Waals surface area contributed by atoms with Crippen molar-refractivity contribution in [2.75, 3.05) is 0 Å². The number of nitrogens with zero attached hydrogens (tertiary/aromatic N) is 1. The number of benzene rings is 2. The molecule has 0 unspecified atom stereocenters. The third-order valence-electron chi connectivity index (χ3n) is 3.84. The summed E-state index contributed by atoms with van der Waals surface area (Å²) in [5, 5.41) is 20.7. The van der Waals surface area contributed by atoms with E-state index in [0.717, 1.165) is 5.56 Å². The molecule has 1 atom stereocenters. The zero-order valence-electron chi connectivity index (χ0n) is 11.7. The van der Waals surface area contributed by atoms with Crippen LogP contribution >= 0.6 is 0 Å². The van der Waals surface area contributed by atoms with E-state index in [0.29, 0.717) is 17.7 Å². The Morgan fingerprint density at radius 2 is 2.00 bits per heavy atom. The summed E-state index contributed by atoms with van der Waals surface area (Å²) in [7, 11) is 0. The summed E-state index contributed by atoms with van der Waals surface area (Å²) in [6, 6.07) is 12.8. The normalized spacial score (nSPS) is 14.7. The number of rotatable bonds is 4. The van der Waals surface area contributed by atoms with Crippen LogP contribution in [0, 0.1) is 0 Å². The molecule has 5 heteroatoms. The molecule has 1 aliphatic heterocycles. The second-order valence-electron chi connectivity index (χ2n) is 5.28. The lowest BCUT2D eigenvalue weighted by Crippen LogP contribution is -2.34. The fourth-order valence-electron chi connectivity index (χ4n) is 2.83. The zero-order chi connectivity index (χ0) is 15.7. The van der Waals surface area contributed by atoms with Crippen LogP contribution in [0.25, 0.3) is 0 Å². The van der Waals surface area contributed by atoms with Gasteiger partial charge in [-0.3, -0.25) is 4.79 Å². The maximum atomic E-state index is 12.5. The van der Waals surface area contributed by atoms with Gasteiger partial charge in [0.05, 0.1) is 6.04 Å². The number of carboxylic acids is 1. The lowest BCUT2D eigenvalue weighted by Gasteiger charge is -2.28. The van der Waals surface area contributed by atoms with Gasteiger partial charge < -0.3 is 19.9 Å². The predicted molar refractivity (Wildman–Crippen MR) is 76.8 cm³/mol. The van der Waals surface area contributed by atoms with Gasteiger partial charge >= 0.3 is 0 Å². The Morgan fingerprint density at radius 3 is 2.68 bits per heavy atom. The van der Waals surface area contributed by atoms with Gasteiger partial charge in [0, 0.05) is 24.5 Å². The molecule has 0 aromatic heterocycles. The Labute approximate surface area is 127 Å². The highest BCUT2D eigenvalue weighted by Gasteiger charge is 2.33. The number of hydrogen-bond donors (Lipinski definition) is 1. The van der Waals surface area contributed by atoms with E-state index >= 15 is 0 Å². The number of carbonyl (C=O) groups is 2. The van der Waals surface area contributed by atoms with Gasteiger partial charge in [0.1, 0.15) is 5.75 Å². The Balaban J connectivity index is 1.98. The van der Waals surface area contributed by atoms with Crippen molar-refractivity contribution in [3.63, 3.8) is 0 Å². The molecule has 2 aromatic carbocycles. The fraction of sp³-hybridized carbons (Fsp3) is 0.176. The highest BCUT2D eigenvalue weighted by atomic mass is 16.4. The Morgan fingerprint density at radius 1 is 1.23 bits per heavy atom. The molecule has 22 heavy (non-hydrogen) atoms. The maximum Gasteiger partial charge on any atom is 0.255 e. The van der Waals surface area contributed by atoms with Crippen LogP contribution in [-0.2, 0) is 11.3 Å². The number of phenols is 1. The number of aliphatic carboxylic acids is 1. The van der Waals surface area contributed by atoms with Crippen molar-refractivity contribution in [1.82, 2.24) is 4.90 Å². The molecular weight excluding hydrogens is 282 g/mol. The van der Waals surface area contributed by atoms with Gasteiger partial charge in [-0.15, -0.1) is 0 Å². The molecule has 0 fully saturated rings. The van der Waals surface area contributed by atoms with Crippen LogP contribution in [0.15, 0.2) is 48.5 Å². The third kappa shape index (κ3) is 2.53. The first kappa shape index (κ1) is 14.1. The molecule has 1 N–H and O–H groups in total. The van der Waals surface area contributed by atoms with Crippen LogP contribution in [0.2, 0.25) is 0 Å². The Hall–Kier alpha value is -2.82. The van der Waals surface area contributed by atoms with E-state index in [9.17, 15) is 19.8 Å². The van der Waals surface area contributed by atoms with E-state index in [2.05, 4.69) is 0 Å². The monoisotopic (exact) mass is 296 g/mol. The molecule has 112 valence electrons. The SMILES string of the molecule is O=C([O-])C[C@@H](c1cccc(O)c1)N1Cc2ccccc2C1=O. The Bertz CT molecular complexity index is 741. The van der Waals surface area contributed by atoms with Crippen LogP contribution < -0.4 is 5.11 Å². The van der Waals surface area contributed by atoms with E-state index in [1.54, 1.807) is 24.3 Å². The molecule has 1 heterocycles. The summed E-state index contributed by atoms with van der Waals surface area (Å²) >= 11 is 0. The maximum absolute atomic E-state index is 12.5. The van der Waals surface area contributed by atoms with E-state index in [1.165, 1.54) is 17.0 Å².